The Balaban J connectivity index is 2.11. The quantitative estimate of drug-likeness (QED) is 0.819. The van der Waals surface area contributed by atoms with Gasteiger partial charge in [-0.15, -0.1) is 0 Å². The average molecular weight is 250 g/mol. The summed E-state index contributed by atoms with van der Waals surface area (Å²) in [5.41, 5.74) is 0. The molecule has 3 nitrogen and oxygen atoms in total. The van der Waals surface area contributed by atoms with E-state index in [2.05, 4.69) is 17.9 Å². The molecule has 0 radical (unpaired) electrons. The van der Waals surface area contributed by atoms with Gasteiger partial charge in [0.05, 0.1) is 18.6 Å². The zero-order chi connectivity index (χ0) is 13.0. The fraction of sp³-hybridized carbons (Fsp3) is 0.933. The minimum Gasteiger partial charge on any atom is -0.395 e. The Morgan fingerprint density at radius 2 is 2.06 bits per heavy atom. The Bertz CT molecular complexity index is 299. The molecule has 0 amide bonds. The normalized spacial score (nSPS) is 38.9. The van der Waals surface area contributed by atoms with Crippen LogP contribution >= 0.6 is 0 Å². The Kier molecular flexibility index (Phi) is 5.03. The fourth-order valence-corrected chi connectivity index (χ4v) is 3.70. The summed E-state index contributed by atoms with van der Waals surface area (Å²) in [6.45, 7) is 3.62. The Hall–Kier alpha value is -0.590. The van der Waals surface area contributed by atoms with E-state index in [9.17, 15) is 10.4 Å². The van der Waals surface area contributed by atoms with Crippen LogP contribution < -0.4 is 0 Å². The molecule has 1 aliphatic heterocycles. The molecule has 0 aromatic heterocycles. The molecule has 1 aliphatic carbocycles. The highest BCUT2D eigenvalue weighted by Gasteiger charge is 2.36. The molecule has 2 aliphatic rings. The summed E-state index contributed by atoms with van der Waals surface area (Å²) in [6.07, 6.45) is 8.17. The lowest BCUT2D eigenvalue weighted by Crippen LogP contribution is -2.50. The first-order chi connectivity index (χ1) is 8.76. The number of hydrogen-bond donors (Lipinski definition) is 1. The number of nitrogens with zero attached hydrogens (tertiary/aromatic N) is 2. The van der Waals surface area contributed by atoms with Gasteiger partial charge < -0.3 is 5.11 Å². The van der Waals surface area contributed by atoms with Gasteiger partial charge in [-0.1, -0.05) is 19.8 Å². The van der Waals surface area contributed by atoms with Gasteiger partial charge in [-0.05, 0) is 44.6 Å². The summed E-state index contributed by atoms with van der Waals surface area (Å²) in [6, 6.07) is 3.19. The first kappa shape index (κ1) is 13.8. The second-order valence-electron chi connectivity index (χ2n) is 6.14. The summed E-state index contributed by atoms with van der Waals surface area (Å²) in [4.78, 5) is 2.47. The predicted octanol–water partition coefficient (Wildman–Crippen LogP) is 2.55. The van der Waals surface area contributed by atoms with E-state index in [0.717, 1.165) is 31.7 Å². The maximum Gasteiger partial charge on any atom is 0.0672 e. The third-order valence-electron chi connectivity index (χ3n) is 4.80. The first-order valence-electron chi connectivity index (χ1n) is 7.52. The molecular formula is C15H26N2O. The molecule has 0 bridgehead atoms. The number of aliphatic hydroxyl groups excluding tert-OH is 1. The van der Waals surface area contributed by atoms with E-state index in [1.165, 1.54) is 25.7 Å². The standard InChI is InChI=1S/C15H26N2O/c1-12-6-7-13(10-16)15(9-12)17-8-4-2-3-5-14(17)11-18/h12-15,18H,2-9,11H2,1H3. The summed E-state index contributed by atoms with van der Waals surface area (Å²) in [5.74, 6) is 0.899. The molecule has 0 spiro atoms. The fourth-order valence-electron chi connectivity index (χ4n) is 3.70. The largest absolute Gasteiger partial charge is 0.395 e. The number of rotatable bonds is 2. The number of nitriles is 1. The highest BCUT2D eigenvalue weighted by molar-refractivity contribution is 4.98. The molecule has 2 rings (SSSR count). The summed E-state index contributed by atoms with van der Waals surface area (Å²) in [5, 5.41) is 19.0. The van der Waals surface area contributed by atoms with Crippen LogP contribution in [-0.2, 0) is 0 Å². The molecule has 3 heteroatoms. The van der Waals surface area contributed by atoms with E-state index < -0.39 is 0 Å². The lowest BCUT2D eigenvalue weighted by Gasteiger charge is -2.42. The van der Waals surface area contributed by atoms with Crippen LogP contribution in [-0.4, -0.2) is 35.2 Å². The molecule has 1 heterocycles. The lowest BCUT2D eigenvalue weighted by molar-refractivity contribution is 0.0395. The van der Waals surface area contributed by atoms with Crippen LogP contribution in [0.5, 0.6) is 0 Å². The second-order valence-corrected chi connectivity index (χ2v) is 6.14. The van der Waals surface area contributed by atoms with Gasteiger partial charge in [0, 0.05) is 12.1 Å². The maximum absolute atomic E-state index is 9.62. The zero-order valence-electron chi connectivity index (χ0n) is 11.5. The van der Waals surface area contributed by atoms with Crippen LogP contribution in [0.3, 0.4) is 0 Å². The lowest BCUT2D eigenvalue weighted by atomic mass is 9.78. The molecule has 1 N–H and O–H groups in total. The second kappa shape index (κ2) is 6.54. The Morgan fingerprint density at radius 3 is 2.78 bits per heavy atom. The van der Waals surface area contributed by atoms with Crippen LogP contribution in [0.4, 0.5) is 0 Å². The minimum atomic E-state index is 0.174. The maximum atomic E-state index is 9.62. The average Bonchev–Trinajstić information content (AvgIpc) is 2.63. The van der Waals surface area contributed by atoms with Crippen molar-refractivity contribution in [3.63, 3.8) is 0 Å². The number of likely N-dealkylation sites (tertiary alicyclic amines) is 1. The predicted molar refractivity (Wildman–Crippen MR) is 72.0 cm³/mol. The molecule has 4 unspecified atom stereocenters. The van der Waals surface area contributed by atoms with Crippen molar-refractivity contribution in [2.24, 2.45) is 11.8 Å². The SMILES string of the molecule is CC1CCC(C#N)C(N2CCCCCC2CO)C1. The molecule has 102 valence electrons. The monoisotopic (exact) mass is 250 g/mol. The van der Waals surface area contributed by atoms with Crippen molar-refractivity contribution in [1.29, 1.82) is 5.26 Å². The van der Waals surface area contributed by atoms with E-state index in [-0.39, 0.29) is 12.5 Å². The molecule has 1 saturated carbocycles. The summed E-state index contributed by atoms with van der Waals surface area (Å²) < 4.78 is 0. The number of aliphatic hydroxyl groups is 1. The zero-order valence-corrected chi connectivity index (χ0v) is 11.5. The van der Waals surface area contributed by atoms with E-state index in [4.69, 9.17) is 0 Å². The molecular weight excluding hydrogens is 224 g/mol. The Morgan fingerprint density at radius 1 is 1.22 bits per heavy atom. The van der Waals surface area contributed by atoms with Gasteiger partial charge in [-0.3, -0.25) is 4.90 Å². The van der Waals surface area contributed by atoms with Gasteiger partial charge >= 0.3 is 0 Å². The van der Waals surface area contributed by atoms with Crippen LogP contribution in [0.15, 0.2) is 0 Å². The smallest absolute Gasteiger partial charge is 0.0672 e. The van der Waals surface area contributed by atoms with Gasteiger partial charge in [-0.2, -0.15) is 5.26 Å². The van der Waals surface area contributed by atoms with E-state index >= 15 is 0 Å². The van der Waals surface area contributed by atoms with E-state index in [1.807, 2.05) is 0 Å². The van der Waals surface area contributed by atoms with Crippen molar-refractivity contribution in [3.05, 3.63) is 0 Å². The van der Waals surface area contributed by atoms with Crippen LogP contribution in [0.1, 0.15) is 51.9 Å². The highest BCUT2D eigenvalue weighted by Crippen LogP contribution is 2.34. The van der Waals surface area contributed by atoms with Gasteiger partial charge in [-0.25, -0.2) is 0 Å². The summed E-state index contributed by atoms with van der Waals surface area (Å²) >= 11 is 0. The molecule has 2 fully saturated rings. The third-order valence-corrected chi connectivity index (χ3v) is 4.80. The van der Waals surface area contributed by atoms with Crippen LogP contribution in [0.2, 0.25) is 0 Å². The third kappa shape index (κ3) is 3.05. The van der Waals surface area contributed by atoms with Gasteiger partial charge in [0.2, 0.25) is 0 Å². The molecule has 0 aromatic carbocycles. The Labute approximate surface area is 111 Å². The van der Waals surface area contributed by atoms with Gasteiger partial charge in [0.15, 0.2) is 0 Å². The van der Waals surface area contributed by atoms with Crippen molar-refractivity contribution >= 4 is 0 Å². The van der Waals surface area contributed by atoms with Crippen molar-refractivity contribution in [2.45, 2.75) is 64.0 Å². The van der Waals surface area contributed by atoms with Crippen molar-refractivity contribution in [1.82, 2.24) is 4.90 Å². The van der Waals surface area contributed by atoms with Gasteiger partial charge in [0.25, 0.3) is 0 Å². The van der Waals surface area contributed by atoms with Crippen LogP contribution in [0.25, 0.3) is 0 Å². The number of hydrogen-bond acceptors (Lipinski definition) is 3. The van der Waals surface area contributed by atoms with E-state index in [0.29, 0.717) is 12.1 Å². The molecule has 0 aromatic rings. The van der Waals surface area contributed by atoms with Crippen molar-refractivity contribution in [2.75, 3.05) is 13.2 Å². The first-order valence-corrected chi connectivity index (χ1v) is 7.52. The minimum absolute atomic E-state index is 0.174. The topological polar surface area (TPSA) is 47.3 Å². The highest BCUT2D eigenvalue weighted by atomic mass is 16.3. The molecule has 18 heavy (non-hydrogen) atoms. The summed E-state index contributed by atoms with van der Waals surface area (Å²) in [7, 11) is 0. The van der Waals surface area contributed by atoms with Crippen LogP contribution in [0, 0.1) is 23.2 Å². The van der Waals surface area contributed by atoms with Crippen molar-refractivity contribution in [3.8, 4) is 6.07 Å². The van der Waals surface area contributed by atoms with E-state index in [1.54, 1.807) is 0 Å². The molecule has 1 saturated heterocycles. The van der Waals surface area contributed by atoms with Crippen molar-refractivity contribution < 1.29 is 5.11 Å². The molecule has 4 atom stereocenters. The van der Waals surface area contributed by atoms with Gasteiger partial charge in [0.1, 0.15) is 0 Å².